The van der Waals surface area contributed by atoms with Crippen LogP contribution < -0.4 is 65.7 Å². The summed E-state index contributed by atoms with van der Waals surface area (Å²) in [4.78, 5) is 102. The van der Waals surface area contributed by atoms with Crippen LogP contribution in [0.25, 0.3) is 27.0 Å². The largest absolute Gasteiger partial charge is 0.802 e. The number of amides is 2. The number of hydrogen-bond donors (Lipinski definition) is 3. The van der Waals surface area contributed by atoms with Crippen LogP contribution in [0.4, 0.5) is 11.5 Å². The zero-order chi connectivity index (χ0) is 68.2. The number of carboxylic acid groups (broad SMARTS) is 1. The quantitative estimate of drug-likeness (QED) is 0.00752. The fourth-order valence-corrected chi connectivity index (χ4v) is 16.5. The molecule has 1 saturated heterocycles. The van der Waals surface area contributed by atoms with Crippen LogP contribution in [0, 0.1) is 18.5 Å². The topological polar surface area (TPSA) is 421 Å². The summed E-state index contributed by atoms with van der Waals surface area (Å²) in [5, 5.41) is 24.7. The van der Waals surface area contributed by atoms with Gasteiger partial charge in [0.05, 0.1) is 55.0 Å². The number of ether oxygens (including phenoxy) is 5. The normalized spacial score (nSPS) is 18.6. The number of carbonyl (C=O) groups excluding carboxylic acids is 4. The molecule has 2 amide bonds. The number of phosphoric acid groups is 2. The minimum absolute atomic E-state index is 0. The summed E-state index contributed by atoms with van der Waals surface area (Å²) in [6.07, 6.45) is 8.27. The summed E-state index contributed by atoms with van der Waals surface area (Å²) in [7, 11) is -16.7. The molecule has 518 valence electrons. The summed E-state index contributed by atoms with van der Waals surface area (Å²) in [6.45, 7) is 4.84. The number of nitrogens with two attached hydrogens (primary N) is 1. The molecule has 6 aliphatic heterocycles. The van der Waals surface area contributed by atoms with Crippen molar-refractivity contribution in [3.8, 4) is 29.1 Å². The summed E-state index contributed by atoms with van der Waals surface area (Å²) in [6, 6.07) is 15.4. The van der Waals surface area contributed by atoms with E-state index in [0.29, 0.717) is 34.1 Å². The van der Waals surface area contributed by atoms with Gasteiger partial charge in [-0.2, -0.15) is 0 Å². The van der Waals surface area contributed by atoms with E-state index in [9.17, 15) is 58.2 Å². The van der Waals surface area contributed by atoms with Gasteiger partial charge < -0.3 is 87.5 Å². The van der Waals surface area contributed by atoms with Crippen molar-refractivity contribution in [3.63, 3.8) is 0 Å². The highest BCUT2D eigenvalue weighted by atomic mass is 31.3. The molecule has 33 heteroatoms. The van der Waals surface area contributed by atoms with Crippen molar-refractivity contribution in [2.75, 3.05) is 82.9 Å². The first kappa shape index (κ1) is 71.0. The Morgan fingerprint density at radius 3 is 2.48 bits per heavy atom. The lowest BCUT2D eigenvalue weighted by atomic mass is 9.81. The van der Waals surface area contributed by atoms with Crippen LogP contribution in [0.1, 0.15) is 135 Å². The number of aryl methyl sites for hydroxylation is 2. The number of azide groups is 1. The van der Waals surface area contributed by atoms with Crippen LogP contribution in [0.3, 0.4) is 0 Å². The van der Waals surface area contributed by atoms with Crippen LogP contribution >= 0.6 is 23.2 Å². The second-order valence-corrected chi connectivity index (χ2v) is 28.4. The number of nitrogens with zero attached hydrogens (tertiary/aromatic N) is 8. The van der Waals surface area contributed by atoms with Crippen molar-refractivity contribution in [2.45, 2.75) is 103 Å². The van der Waals surface area contributed by atoms with Gasteiger partial charge in [0.25, 0.3) is 21.6 Å². The third-order valence-corrected chi connectivity index (χ3v) is 21.2. The molecular formula is C65H70N11O19P3-4. The van der Waals surface area contributed by atoms with Gasteiger partial charge in [-0.25, -0.2) is 18.9 Å². The van der Waals surface area contributed by atoms with Gasteiger partial charge >= 0.3 is 0 Å². The molecule has 6 atom stereocenters. The van der Waals surface area contributed by atoms with Crippen molar-refractivity contribution in [3.05, 3.63) is 150 Å². The Morgan fingerprint density at radius 2 is 1.68 bits per heavy atom. The van der Waals surface area contributed by atoms with Crippen LogP contribution in [0.5, 0.6) is 17.2 Å². The number of rotatable bonds is 27. The number of ketones is 1. The second-order valence-electron chi connectivity index (χ2n) is 23.8. The molecule has 98 heavy (non-hydrogen) atoms. The SMILES string of the molecule is C.[CH2-]P(=O)([O-])OP(=O)([O-])OP(=O)([O-])OC[C@@H]1CC[C@H](n2cc(C#CCNC(=O)COCCOC(COc3cccc(C(=O)NCCCC(=O)c4ccc(C(=O)[O-])c(C5=c6cc7c8c(c6Oc6c5cc5c9c6CCCN9CCC5)CCC[N+]=8CCC7)c4)c3)N=[N+]=[N-])c3c(N)ncnc32)O1. The maximum Gasteiger partial charge on any atom is 0.276 e. The number of Topliss-reactive ketones (excluding diaryl/α,β-unsaturated/α-hetero) is 1. The molecule has 0 spiro atoms. The Bertz CT molecular complexity index is 4560. The van der Waals surface area contributed by atoms with Gasteiger partial charge in [-0.15, -0.1) is 0 Å². The monoisotopic (exact) mass is 1400 g/mol. The zero-order valence-corrected chi connectivity index (χ0v) is 55.0. The first-order valence-corrected chi connectivity index (χ1v) is 36.2. The van der Waals surface area contributed by atoms with Crippen molar-refractivity contribution < 1.29 is 89.5 Å². The first-order valence-electron chi connectivity index (χ1n) is 31.5. The number of carboxylic acids is 1. The van der Waals surface area contributed by atoms with Gasteiger partial charge in [0, 0.05) is 107 Å². The Hall–Kier alpha value is -8.35. The van der Waals surface area contributed by atoms with E-state index >= 15 is 0 Å². The van der Waals surface area contributed by atoms with Gasteiger partial charge in [-0.05, 0) is 111 Å². The molecule has 2 aromatic heterocycles. The predicted molar refractivity (Wildman–Crippen MR) is 347 cm³/mol. The number of anilines is 2. The van der Waals surface area contributed by atoms with Crippen molar-refractivity contribution >= 4 is 74.9 Å². The zero-order valence-electron chi connectivity index (χ0n) is 52.3. The lowest BCUT2D eigenvalue weighted by Crippen LogP contribution is -2.45. The lowest BCUT2D eigenvalue weighted by Gasteiger charge is -2.39. The van der Waals surface area contributed by atoms with E-state index in [4.69, 9.17) is 29.4 Å². The molecule has 6 aliphatic rings. The Kier molecular flexibility index (Phi) is 22.0. The maximum atomic E-state index is 14.2. The van der Waals surface area contributed by atoms with E-state index < -0.39 is 66.2 Å². The minimum Gasteiger partial charge on any atom is -0.802 e. The molecule has 12 rings (SSSR count). The fourth-order valence-electron chi connectivity index (χ4n) is 13.3. The minimum atomic E-state index is -5.90. The number of nitrogens with one attached hydrogen (secondary N) is 2. The average Bonchev–Trinajstić information content (AvgIpc) is 0.866. The third kappa shape index (κ3) is 16.2. The predicted octanol–water partition coefficient (Wildman–Crippen LogP) is 4.07. The van der Waals surface area contributed by atoms with Gasteiger partial charge in [-0.1, -0.05) is 42.6 Å². The number of fused-ring (bicyclic) bond motifs is 5. The number of hydrogen-bond acceptors (Lipinski definition) is 24. The number of benzene rings is 4. The molecule has 4 unspecified atom stereocenters. The molecule has 0 saturated carbocycles. The number of carbonyl (C=O) groups is 4. The fraction of sp³-hybridized carbons (Fsp3) is 0.415. The van der Waals surface area contributed by atoms with Crippen LogP contribution in [-0.4, -0.2) is 123 Å². The number of aromatic carboxylic acids is 1. The summed E-state index contributed by atoms with van der Waals surface area (Å²) in [5.41, 5.74) is 24.6. The summed E-state index contributed by atoms with van der Waals surface area (Å²) < 4.78 is 80.9. The van der Waals surface area contributed by atoms with E-state index in [-0.39, 0.29) is 94.7 Å². The maximum absolute atomic E-state index is 14.2. The van der Waals surface area contributed by atoms with E-state index in [2.05, 4.69) is 83.9 Å². The molecule has 30 nitrogen and oxygen atoms in total. The van der Waals surface area contributed by atoms with Crippen molar-refractivity contribution in [1.29, 1.82) is 0 Å². The molecule has 0 radical (unpaired) electrons. The first-order chi connectivity index (χ1) is 46.6. The van der Waals surface area contributed by atoms with Crippen molar-refractivity contribution in [1.82, 2.24) is 29.7 Å². The molecule has 8 heterocycles. The Labute approximate surface area is 562 Å². The molecule has 4 N–H and O–H groups in total. The summed E-state index contributed by atoms with van der Waals surface area (Å²) in [5.74, 6) is 5.07. The highest BCUT2D eigenvalue weighted by molar-refractivity contribution is 7.67. The van der Waals surface area contributed by atoms with Gasteiger partial charge in [0.2, 0.25) is 11.3 Å². The standard InChI is InChI=1S/C64H70N11O19P3.CH4/c1-95(81,82)93-97(85,86)94-96(83,84)90-34-44-18-20-54(91-44)75-33-42(55-61(65)69-37-70-62(55)75)10-3-21-67-52(77)35-87-27-28-88-53(71-72-66)36-89-43-13-2-9-41(29-43)63(78)68-22-4-16-51(76)38-17-19-45(64(79)80)48(30-38)56-49-31-39-11-5-23-73-25-7-14-46(57(39)73)59(49)92-60-47-15-8-26-74-24-6-12-40(58(47)74)32-50(56)60;/h2,9,13,17,19,29-33,37,44,53-54H,1,4-8,11-12,14-16,18,20-28,34-36H2,(H,67,77)(H,68,78)(H,79,80)(H,81,82)(H,83,84)(H,85,86)(H2,65,69,70);1H4/p-4/t44-,53?,54+;/m0./s1. The van der Waals surface area contributed by atoms with E-state index in [1.165, 1.54) is 46.7 Å². The number of phosphoric ester groups is 1. The van der Waals surface area contributed by atoms with E-state index in [1.807, 2.05) is 0 Å². The lowest BCUT2D eigenvalue weighted by molar-refractivity contribution is -0.255. The average molecular weight is 1400 g/mol. The highest BCUT2D eigenvalue weighted by Gasteiger charge is 2.37. The Morgan fingerprint density at radius 1 is 0.898 bits per heavy atom. The van der Waals surface area contributed by atoms with Gasteiger partial charge in [0.1, 0.15) is 67.6 Å². The van der Waals surface area contributed by atoms with Crippen LogP contribution in [-0.2, 0) is 71.5 Å². The summed E-state index contributed by atoms with van der Waals surface area (Å²) >= 11 is 0. The highest BCUT2D eigenvalue weighted by Crippen LogP contribution is 2.62. The van der Waals surface area contributed by atoms with Crippen molar-refractivity contribution in [2.24, 2.45) is 5.11 Å². The molecule has 1 fully saturated rings. The van der Waals surface area contributed by atoms with Crippen LogP contribution in [0.2, 0.25) is 0 Å². The van der Waals surface area contributed by atoms with Gasteiger partial charge in [0.15, 0.2) is 12.0 Å². The third-order valence-electron chi connectivity index (χ3n) is 17.3. The van der Waals surface area contributed by atoms with E-state index in [1.54, 1.807) is 35.0 Å². The smallest absolute Gasteiger partial charge is 0.276 e. The molecule has 0 aliphatic carbocycles. The second kappa shape index (κ2) is 30.4. The van der Waals surface area contributed by atoms with Crippen LogP contribution in [0.15, 0.2) is 72.2 Å². The number of nitrogen functional groups attached to an aromatic ring is 1. The Balaban J connectivity index is 0.00000972. The molecule has 6 aromatic rings. The number of aromatic nitrogens is 3. The molecule has 4 aromatic carbocycles. The van der Waals surface area contributed by atoms with E-state index in [0.717, 1.165) is 117 Å². The molecular weight excluding hydrogens is 1330 g/mol. The van der Waals surface area contributed by atoms with Gasteiger partial charge in [-0.3, -0.25) is 30.2 Å². The molecule has 0 bridgehead atoms.